The summed E-state index contributed by atoms with van der Waals surface area (Å²) in [6, 6.07) is 3.29. The third-order valence-electron chi connectivity index (χ3n) is 1.67. The number of hydrogen-bond acceptors (Lipinski definition) is 4. The molecule has 0 radical (unpaired) electrons. The van der Waals surface area contributed by atoms with Crippen LogP contribution >= 0.6 is 11.6 Å². The van der Waals surface area contributed by atoms with Crippen molar-refractivity contribution in [2.45, 2.75) is 13.3 Å². The van der Waals surface area contributed by atoms with E-state index in [-0.39, 0.29) is 0 Å². The minimum atomic E-state index is 0.364. The number of nitrogens with zero attached hydrogens (tertiary/aromatic N) is 1. The Morgan fingerprint density at radius 1 is 1.33 bits per heavy atom. The Bertz CT molecular complexity index is 307. The minimum absolute atomic E-state index is 0.364. The van der Waals surface area contributed by atoms with Gasteiger partial charge in [-0.05, 0) is 18.6 Å². The van der Waals surface area contributed by atoms with Gasteiger partial charge in [0.15, 0.2) is 0 Å². The fourth-order valence-electron chi connectivity index (χ4n) is 0.988. The number of nitrogens with two attached hydrogens (primary N) is 1. The number of pyridine rings is 1. The second-order valence-corrected chi connectivity index (χ2v) is 3.38. The van der Waals surface area contributed by atoms with Crippen molar-refractivity contribution < 1.29 is 9.47 Å². The van der Waals surface area contributed by atoms with E-state index >= 15 is 0 Å². The molecule has 0 aliphatic carbocycles. The lowest BCUT2D eigenvalue weighted by molar-refractivity contribution is 0.0993. The normalized spacial score (nSPS) is 10.3. The Morgan fingerprint density at radius 3 is 2.87 bits per heavy atom. The number of anilines is 1. The third-order valence-corrected chi connectivity index (χ3v) is 1.88. The molecule has 0 unspecified atom stereocenters. The van der Waals surface area contributed by atoms with E-state index in [1.54, 1.807) is 12.1 Å². The first-order valence-electron chi connectivity index (χ1n) is 4.86. The summed E-state index contributed by atoms with van der Waals surface area (Å²) in [6.45, 7) is 3.75. The van der Waals surface area contributed by atoms with Crippen molar-refractivity contribution in [2.75, 3.05) is 25.6 Å². The van der Waals surface area contributed by atoms with E-state index in [0.29, 0.717) is 29.9 Å². The lowest BCUT2D eigenvalue weighted by atomic mass is 10.4. The zero-order valence-electron chi connectivity index (χ0n) is 8.70. The van der Waals surface area contributed by atoms with E-state index in [9.17, 15) is 0 Å². The van der Waals surface area contributed by atoms with Gasteiger partial charge < -0.3 is 15.2 Å². The van der Waals surface area contributed by atoms with Crippen LogP contribution in [0.2, 0.25) is 5.15 Å². The van der Waals surface area contributed by atoms with Crippen LogP contribution in [0.4, 0.5) is 5.69 Å². The van der Waals surface area contributed by atoms with Gasteiger partial charge in [0.05, 0.1) is 12.3 Å². The molecule has 0 spiro atoms. The van der Waals surface area contributed by atoms with Gasteiger partial charge in [-0.15, -0.1) is 0 Å². The molecule has 1 aromatic heterocycles. The van der Waals surface area contributed by atoms with Gasteiger partial charge in [-0.25, -0.2) is 0 Å². The Kier molecular flexibility index (Phi) is 5.21. The number of nitrogen functional groups attached to an aromatic ring is 1. The van der Waals surface area contributed by atoms with E-state index < -0.39 is 0 Å². The van der Waals surface area contributed by atoms with Crippen molar-refractivity contribution in [3.8, 4) is 5.88 Å². The third kappa shape index (κ3) is 4.36. The average molecular weight is 231 g/mol. The zero-order valence-corrected chi connectivity index (χ0v) is 9.46. The molecular weight excluding hydrogens is 216 g/mol. The molecule has 1 heterocycles. The number of ether oxygens (including phenoxy) is 2. The SMILES string of the molecule is CCCOCCOc1nc(Cl)ccc1N. The summed E-state index contributed by atoms with van der Waals surface area (Å²) in [6.07, 6.45) is 0.998. The van der Waals surface area contributed by atoms with Crippen molar-refractivity contribution in [3.05, 3.63) is 17.3 Å². The minimum Gasteiger partial charge on any atom is -0.474 e. The summed E-state index contributed by atoms with van der Waals surface area (Å²) >= 11 is 5.70. The topological polar surface area (TPSA) is 57.4 Å². The molecule has 84 valence electrons. The molecule has 4 nitrogen and oxygen atoms in total. The van der Waals surface area contributed by atoms with Gasteiger partial charge in [-0.2, -0.15) is 4.98 Å². The maximum absolute atomic E-state index is 5.70. The van der Waals surface area contributed by atoms with Crippen molar-refractivity contribution in [1.29, 1.82) is 0 Å². The molecule has 0 fully saturated rings. The number of aromatic nitrogens is 1. The van der Waals surface area contributed by atoms with Crippen LogP contribution in [0.25, 0.3) is 0 Å². The molecule has 15 heavy (non-hydrogen) atoms. The summed E-state index contributed by atoms with van der Waals surface area (Å²) in [5, 5.41) is 0.369. The standard InChI is InChI=1S/C10H15ClN2O2/c1-2-5-14-6-7-15-10-8(12)3-4-9(11)13-10/h3-4H,2,5-7,12H2,1H3. The molecule has 0 bridgehead atoms. The van der Waals surface area contributed by atoms with Crippen LogP contribution in [0.5, 0.6) is 5.88 Å². The van der Waals surface area contributed by atoms with Gasteiger partial charge in [0.1, 0.15) is 11.8 Å². The highest BCUT2D eigenvalue weighted by Crippen LogP contribution is 2.20. The van der Waals surface area contributed by atoms with Crippen LogP contribution in [-0.2, 0) is 4.74 Å². The van der Waals surface area contributed by atoms with Crippen molar-refractivity contribution in [1.82, 2.24) is 4.98 Å². The quantitative estimate of drug-likeness (QED) is 0.601. The van der Waals surface area contributed by atoms with Crippen LogP contribution in [0.15, 0.2) is 12.1 Å². The van der Waals surface area contributed by atoms with Gasteiger partial charge in [-0.1, -0.05) is 18.5 Å². The van der Waals surface area contributed by atoms with E-state index in [1.807, 2.05) is 0 Å². The largest absolute Gasteiger partial charge is 0.474 e. The highest BCUT2D eigenvalue weighted by Gasteiger charge is 2.02. The number of rotatable bonds is 6. The highest BCUT2D eigenvalue weighted by molar-refractivity contribution is 6.29. The molecule has 1 rings (SSSR count). The Labute approximate surface area is 94.3 Å². The van der Waals surface area contributed by atoms with E-state index in [1.165, 1.54) is 0 Å². The summed E-state index contributed by atoms with van der Waals surface area (Å²) in [7, 11) is 0. The second kappa shape index (κ2) is 6.48. The maximum Gasteiger partial charge on any atom is 0.238 e. The molecule has 0 amide bonds. The molecule has 0 saturated carbocycles. The predicted molar refractivity (Wildman–Crippen MR) is 60.3 cm³/mol. The fraction of sp³-hybridized carbons (Fsp3) is 0.500. The molecule has 5 heteroatoms. The summed E-state index contributed by atoms with van der Waals surface area (Å²) in [5.74, 6) is 0.364. The van der Waals surface area contributed by atoms with Crippen molar-refractivity contribution in [2.24, 2.45) is 0 Å². The monoisotopic (exact) mass is 230 g/mol. The summed E-state index contributed by atoms with van der Waals surface area (Å²) < 4.78 is 10.6. The van der Waals surface area contributed by atoms with Crippen LogP contribution in [0, 0.1) is 0 Å². The molecule has 0 atom stereocenters. The second-order valence-electron chi connectivity index (χ2n) is 2.99. The van der Waals surface area contributed by atoms with Gasteiger partial charge in [0.25, 0.3) is 0 Å². The Morgan fingerprint density at radius 2 is 2.13 bits per heavy atom. The molecule has 0 aliphatic rings. The first-order chi connectivity index (χ1) is 7.24. The summed E-state index contributed by atoms with van der Waals surface area (Å²) in [5.41, 5.74) is 6.12. The van der Waals surface area contributed by atoms with Crippen LogP contribution < -0.4 is 10.5 Å². The Hall–Kier alpha value is -1.00. The van der Waals surface area contributed by atoms with Gasteiger partial charge in [0.2, 0.25) is 5.88 Å². The van der Waals surface area contributed by atoms with E-state index in [4.69, 9.17) is 26.8 Å². The van der Waals surface area contributed by atoms with Crippen LogP contribution in [0.1, 0.15) is 13.3 Å². The number of halogens is 1. The zero-order chi connectivity index (χ0) is 11.1. The lowest BCUT2D eigenvalue weighted by Crippen LogP contribution is -2.09. The first kappa shape index (κ1) is 12.1. The first-order valence-corrected chi connectivity index (χ1v) is 5.24. The molecule has 1 aromatic rings. The van der Waals surface area contributed by atoms with E-state index in [2.05, 4.69) is 11.9 Å². The molecule has 0 aliphatic heterocycles. The lowest BCUT2D eigenvalue weighted by Gasteiger charge is -2.07. The fourth-order valence-corrected chi connectivity index (χ4v) is 1.13. The molecule has 2 N–H and O–H groups in total. The van der Waals surface area contributed by atoms with Crippen molar-refractivity contribution in [3.63, 3.8) is 0 Å². The van der Waals surface area contributed by atoms with Crippen LogP contribution in [0.3, 0.4) is 0 Å². The van der Waals surface area contributed by atoms with E-state index in [0.717, 1.165) is 13.0 Å². The van der Waals surface area contributed by atoms with Gasteiger partial charge in [0, 0.05) is 6.61 Å². The molecule has 0 saturated heterocycles. The number of hydrogen-bond donors (Lipinski definition) is 1. The molecule has 0 aromatic carbocycles. The maximum atomic E-state index is 5.70. The average Bonchev–Trinajstić information content (AvgIpc) is 2.23. The summed E-state index contributed by atoms with van der Waals surface area (Å²) in [4.78, 5) is 3.95. The molecular formula is C10H15ClN2O2. The predicted octanol–water partition coefficient (Wildman–Crippen LogP) is 2.12. The smallest absolute Gasteiger partial charge is 0.238 e. The van der Waals surface area contributed by atoms with Gasteiger partial charge >= 0.3 is 0 Å². The highest BCUT2D eigenvalue weighted by atomic mass is 35.5. The van der Waals surface area contributed by atoms with Crippen LogP contribution in [-0.4, -0.2) is 24.8 Å². The van der Waals surface area contributed by atoms with Crippen molar-refractivity contribution >= 4 is 17.3 Å². The Balaban J connectivity index is 2.33. The van der Waals surface area contributed by atoms with Gasteiger partial charge in [-0.3, -0.25) is 0 Å².